The first-order valence-corrected chi connectivity index (χ1v) is 6.43. The van der Waals surface area contributed by atoms with E-state index in [1.165, 1.54) is 0 Å². The maximum atomic E-state index is 14.2. The standard InChI is InChI=1S/C13H24FNO2/c1-5-6-13(14)7-9-15(10-8-13)11(16)17-12(2,3)4/h5-10H2,1-4H3. The number of alkyl halides is 1. The summed E-state index contributed by atoms with van der Waals surface area (Å²) < 4.78 is 19.4. The van der Waals surface area contributed by atoms with Gasteiger partial charge in [-0.1, -0.05) is 13.3 Å². The van der Waals surface area contributed by atoms with Gasteiger partial charge >= 0.3 is 6.09 Å². The fourth-order valence-electron chi connectivity index (χ4n) is 2.11. The Hall–Kier alpha value is -0.800. The summed E-state index contributed by atoms with van der Waals surface area (Å²) in [5.41, 5.74) is -1.56. The van der Waals surface area contributed by atoms with E-state index in [4.69, 9.17) is 4.74 Å². The van der Waals surface area contributed by atoms with Crippen molar-refractivity contribution in [2.75, 3.05) is 13.1 Å². The molecule has 1 fully saturated rings. The average molecular weight is 245 g/mol. The molecule has 0 aromatic rings. The summed E-state index contributed by atoms with van der Waals surface area (Å²) in [7, 11) is 0. The van der Waals surface area contributed by atoms with Crippen molar-refractivity contribution >= 4 is 6.09 Å². The smallest absolute Gasteiger partial charge is 0.410 e. The molecule has 0 radical (unpaired) electrons. The number of nitrogens with zero attached hydrogens (tertiary/aromatic N) is 1. The molecule has 4 heteroatoms. The molecule has 1 aliphatic rings. The summed E-state index contributed by atoms with van der Waals surface area (Å²) in [6.45, 7) is 8.43. The number of hydrogen-bond donors (Lipinski definition) is 0. The van der Waals surface area contributed by atoms with E-state index in [2.05, 4.69) is 0 Å². The zero-order valence-corrected chi connectivity index (χ0v) is 11.4. The lowest BCUT2D eigenvalue weighted by Gasteiger charge is -2.36. The molecule has 3 nitrogen and oxygen atoms in total. The van der Waals surface area contributed by atoms with Crippen LogP contribution < -0.4 is 0 Å². The monoisotopic (exact) mass is 245 g/mol. The lowest BCUT2D eigenvalue weighted by atomic mass is 9.89. The van der Waals surface area contributed by atoms with E-state index in [9.17, 15) is 9.18 Å². The summed E-state index contributed by atoms with van der Waals surface area (Å²) in [6.07, 6.45) is 1.98. The zero-order valence-electron chi connectivity index (χ0n) is 11.4. The van der Waals surface area contributed by atoms with Crippen LogP contribution in [0.1, 0.15) is 53.4 Å². The van der Waals surface area contributed by atoms with Crippen LogP contribution in [-0.2, 0) is 4.74 Å². The number of halogens is 1. The Morgan fingerprint density at radius 1 is 1.35 bits per heavy atom. The zero-order chi connectivity index (χ0) is 13.1. The first kappa shape index (κ1) is 14.3. The molecule has 0 bridgehead atoms. The normalized spacial score (nSPS) is 20.2. The van der Waals surface area contributed by atoms with Crippen molar-refractivity contribution in [1.82, 2.24) is 4.90 Å². The van der Waals surface area contributed by atoms with Crippen LogP contribution in [-0.4, -0.2) is 35.4 Å². The van der Waals surface area contributed by atoms with Crippen molar-refractivity contribution in [2.45, 2.75) is 64.6 Å². The van der Waals surface area contributed by atoms with Gasteiger partial charge < -0.3 is 9.64 Å². The number of carbonyl (C=O) groups excluding carboxylic acids is 1. The van der Waals surface area contributed by atoms with Crippen LogP contribution >= 0.6 is 0 Å². The second kappa shape index (κ2) is 5.23. The number of ether oxygens (including phenoxy) is 1. The van der Waals surface area contributed by atoms with Gasteiger partial charge in [-0.25, -0.2) is 9.18 Å². The molecule has 1 aliphatic heterocycles. The number of likely N-dealkylation sites (tertiary alicyclic amines) is 1. The van der Waals surface area contributed by atoms with Gasteiger partial charge in [-0.2, -0.15) is 0 Å². The second-order valence-corrected chi connectivity index (χ2v) is 5.87. The molecule has 0 N–H and O–H groups in total. The maximum absolute atomic E-state index is 14.2. The van der Waals surface area contributed by atoms with Crippen LogP contribution in [0.3, 0.4) is 0 Å². The quantitative estimate of drug-likeness (QED) is 0.745. The van der Waals surface area contributed by atoms with E-state index in [1.54, 1.807) is 4.90 Å². The van der Waals surface area contributed by atoms with Gasteiger partial charge in [-0.3, -0.25) is 0 Å². The van der Waals surface area contributed by atoms with E-state index in [1.807, 2.05) is 27.7 Å². The third-order valence-corrected chi connectivity index (χ3v) is 3.01. The Balaban J connectivity index is 2.44. The van der Waals surface area contributed by atoms with Gasteiger partial charge in [0.15, 0.2) is 0 Å². The van der Waals surface area contributed by atoms with Crippen LogP contribution in [0.5, 0.6) is 0 Å². The summed E-state index contributed by atoms with van der Waals surface area (Å²) in [4.78, 5) is 13.4. The largest absolute Gasteiger partial charge is 0.444 e. The average Bonchev–Trinajstić information content (AvgIpc) is 2.15. The van der Waals surface area contributed by atoms with Gasteiger partial charge in [-0.05, 0) is 40.0 Å². The molecule has 1 rings (SSSR count). The topological polar surface area (TPSA) is 29.5 Å². The van der Waals surface area contributed by atoms with E-state index in [0.717, 1.165) is 6.42 Å². The van der Waals surface area contributed by atoms with Crippen molar-refractivity contribution in [3.05, 3.63) is 0 Å². The van der Waals surface area contributed by atoms with Crippen LogP contribution in [0.4, 0.5) is 9.18 Å². The minimum absolute atomic E-state index is 0.323. The third-order valence-electron chi connectivity index (χ3n) is 3.01. The highest BCUT2D eigenvalue weighted by Gasteiger charge is 2.36. The first-order chi connectivity index (χ1) is 7.76. The predicted octanol–water partition coefficient (Wildman–Crippen LogP) is 3.53. The molecule has 1 heterocycles. The van der Waals surface area contributed by atoms with Gasteiger partial charge in [0.2, 0.25) is 0 Å². The highest BCUT2D eigenvalue weighted by molar-refractivity contribution is 5.68. The number of piperidine rings is 1. The number of rotatable bonds is 2. The van der Waals surface area contributed by atoms with Crippen LogP contribution in [0.25, 0.3) is 0 Å². The van der Waals surface area contributed by atoms with Crippen molar-refractivity contribution < 1.29 is 13.9 Å². The van der Waals surface area contributed by atoms with Gasteiger partial charge in [0.05, 0.1) is 0 Å². The van der Waals surface area contributed by atoms with E-state index >= 15 is 0 Å². The Morgan fingerprint density at radius 3 is 2.29 bits per heavy atom. The molecule has 17 heavy (non-hydrogen) atoms. The molecular formula is C13H24FNO2. The summed E-state index contributed by atoms with van der Waals surface area (Å²) >= 11 is 0. The molecule has 0 aliphatic carbocycles. The number of carbonyl (C=O) groups is 1. The molecule has 0 saturated carbocycles. The predicted molar refractivity (Wildman–Crippen MR) is 65.8 cm³/mol. The maximum Gasteiger partial charge on any atom is 0.410 e. The third kappa shape index (κ3) is 4.52. The minimum Gasteiger partial charge on any atom is -0.444 e. The highest BCUT2D eigenvalue weighted by Crippen LogP contribution is 2.31. The molecule has 0 spiro atoms. The van der Waals surface area contributed by atoms with Crippen molar-refractivity contribution in [3.63, 3.8) is 0 Å². The van der Waals surface area contributed by atoms with Gasteiger partial charge in [0, 0.05) is 13.1 Å². The van der Waals surface area contributed by atoms with E-state index in [-0.39, 0.29) is 6.09 Å². The number of hydrogen-bond acceptors (Lipinski definition) is 2. The van der Waals surface area contributed by atoms with E-state index in [0.29, 0.717) is 32.4 Å². The molecule has 1 saturated heterocycles. The highest BCUT2D eigenvalue weighted by atomic mass is 19.1. The van der Waals surface area contributed by atoms with Crippen molar-refractivity contribution in [2.24, 2.45) is 0 Å². The van der Waals surface area contributed by atoms with Gasteiger partial charge in [0.1, 0.15) is 11.3 Å². The minimum atomic E-state index is -1.08. The fourth-order valence-corrected chi connectivity index (χ4v) is 2.11. The first-order valence-electron chi connectivity index (χ1n) is 6.43. The van der Waals surface area contributed by atoms with Crippen molar-refractivity contribution in [1.29, 1.82) is 0 Å². The summed E-state index contributed by atoms with van der Waals surface area (Å²) in [5.74, 6) is 0. The molecule has 0 aromatic heterocycles. The molecule has 100 valence electrons. The molecular weight excluding hydrogens is 221 g/mol. The lowest BCUT2D eigenvalue weighted by Crippen LogP contribution is -2.46. The summed E-state index contributed by atoms with van der Waals surface area (Å²) in [6, 6.07) is 0. The van der Waals surface area contributed by atoms with Crippen LogP contribution in [0.2, 0.25) is 0 Å². The second-order valence-electron chi connectivity index (χ2n) is 5.87. The van der Waals surface area contributed by atoms with Gasteiger partial charge in [0.25, 0.3) is 0 Å². The Morgan fingerprint density at radius 2 is 1.88 bits per heavy atom. The molecule has 0 aromatic carbocycles. The van der Waals surface area contributed by atoms with Gasteiger partial charge in [-0.15, -0.1) is 0 Å². The van der Waals surface area contributed by atoms with Crippen LogP contribution in [0, 0.1) is 0 Å². The Labute approximate surface area is 103 Å². The van der Waals surface area contributed by atoms with Crippen molar-refractivity contribution in [3.8, 4) is 0 Å². The number of amides is 1. The molecule has 0 atom stereocenters. The fraction of sp³-hybridized carbons (Fsp3) is 0.923. The van der Waals surface area contributed by atoms with E-state index < -0.39 is 11.3 Å². The summed E-state index contributed by atoms with van der Waals surface area (Å²) in [5, 5.41) is 0. The Bertz CT molecular complexity index is 265. The molecule has 0 unspecified atom stereocenters. The van der Waals surface area contributed by atoms with Crippen LogP contribution in [0.15, 0.2) is 0 Å². The Kier molecular flexibility index (Phi) is 4.39. The SMILES string of the molecule is CCCC1(F)CCN(C(=O)OC(C)(C)C)CC1. The lowest BCUT2D eigenvalue weighted by molar-refractivity contribution is 0.00137. The molecule has 1 amide bonds.